The number of nitrogens with one attached hydrogen (secondary N) is 2. The SMILES string of the molecule is CCOc1ncc(Cl)cc1NC(=O)CC(C)(C)CC(=O)Nc1c(C(C)OC)n(C)n(-c2ccccc2)c1=O. The fraction of sp³-hybridized carbons (Fsp3) is 0.407. The molecule has 38 heavy (non-hydrogen) atoms. The Morgan fingerprint density at radius 2 is 1.76 bits per heavy atom. The minimum Gasteiger partial charge on any atom is -0.476 e. The average molecular weight is 544 g/mol. The molecule has 0 saturated heterocycles. The minimum absolute atomic E-state index is 0.00694. The van der Waals surface area contributed by atoms with E-state index in [1.807, 2.05) is 37.3 Å². The molecular formula is C27H34ClN5O5. The van der Waals surface area contributed by atoms with E-state index in [9.17, 15) is 14.4 Å². The molecule has 3 rings (SSSR count). The molecule has 3 aromatic rings. The van der Waals surface area contributed by atoms with E-state index in [0.717, 1.165) is 0 Å². The summed E-state index contributed by atoms with van der Waals surface area (Å²) >= 11 is 6.03. The Kier molecular flexibility index (Phi) is 9.35. The van der Waals surface area contributed by atoms with Gasteiger partial charge in [0.05, 0.1) is 29.1 Å². The summed E-state index contributed by atoms with van der Waals surface area (Å²) in [7, 11) is 3.28. The van der Waals surface area contributed by atoms with Crippen LogP contribution in [0.2, 0.25) is 5.02 Å². The summed E-state index contributed by atoms with van der Waals surface area (Å²) in [5.74, 6) is -0.457. The maximum Gasteiger partial charge on any atom is 0.295 e. The molecule has 0 bridgehead atoms. The molecule has 0 aliphatic carbocycles. The zero-order valence-electron chi connectivity index (χ0n) is 22.5. The number of aromatic nitrogens is 3. The van der Waals surface area contributed by atoms with Gasteiger partial charge in [0.2, 0.25) is 17.7 Å². The fourth-order valence-electron chi connectivity index (χ4n) is 4.25. The van der Waals surface area contributed by atoms with Gasteiger partial charge in [-0.25, -0.2) is 9.67 Å². The van der Waals surface area contributed by atoms with Gasteiger partial charge in [-0.15, -0.1) is 0 Å². The summed E-state index contributed by atoms with van der Waals surface area (Å²) in [5, 5.41) is 5.91. The van der Waals surface area contributed by atoms with Crippen molar-refractivity contribution in [2.45, 2.75) is 46.6 Å². The van der Waals surface area contributed by atoms with Crippen molar-refractivity contribution in [3.8, 4) is 11.6 Å². The molecule has 2 heterocycles. The summed E-state index contributed by atoms with van der Waals surface area (Å²) in [6, 6.07) is 10.7. The third kappa shape index (κ3) is 6.81. The lowest BCUT2D eigenvalue weighted by molar-refractivity contribution is -0.120. The third-order valence-corrected chi connectivity index (χ3v) is 6.17. The van der Waals surface area contributed by atoms with E-state index in [-0.39, 0.29) is 35.9 Å². The van der Waals surface area contributed by atoms with Gasteiger partial charge in [-0.3, -0.25) is 19.1 Å². The molecule has 1 atom stereocenters. The summed E-state index contributed by atoms with van der Waals surface area (Å²) in [6.45, 7) is 7.59. The molecule has 0 fully saturated rings. The smallest absolute Gasteiger partial charge is 0.295 e. The van der Waals surface area contributed by atoms with Crippen molar-refractivity contribution in [2.24, 2.45) is 12.5 Å². The lowest BCUT2D eigenvalue weighted by Gasteiger charge is -2.23. The first-order chi connectivity index (χ1) is 18.0. The Morgan fingerprint density at radius 3 is 2.37 bits per heavy atom. The average Bonchev–Trinajstić information content (AvgIpc) is 3.09. The normalized spacial score (nSPS) is 12.2. The van der Waals surface area contributed by atoms with Crippen LogP contribution in [-0.2, 0) is 21.4 Å². The van der Waals surface area contributed by atoms with Crippen molar-refractivity contribution in [2.75, 3.05) is 24.4 Å². The van der Waals surface area contributed by atoms with E-state index in [0.29, 0.717) is 28.7 Å². The highest BCUT2D eigenvalue weighted by molar-refractivity contribution is 6.30. The number of benzene rings is 1. The van der Waals surface area contributed by atoms with Gasteiger partial charge < -0.3 is 20.1 Å². The van der Waals surface area contributed by atoms with Gasteiger partial charge in [0.15, 0.2) is 0 Å². The molecule has 1 unspecified atom stereocenters. The van der Waals surface area contributed by atoms with Crippen molar-refractivity contribution in [3.05, 3.63) is 63.7 Å². The number of para-hydroxylation sites is 1. The van der Waals surface area contributed by atoms with Crippen LogP contribution in [0, 0.1) is 5.41 Å². The number of hydrogen-bond acceptors (Lipinski definition) is 6. The van der Waals surface area contributed by atoms with Gasteiger partial charge >= 0.3 is 0 Å². The van der Waals surface area contributed by atoms with Crippen LogP contribution in [0.3, 0.4) is 0 Å². The molecule has 2 N–H and O–H groups in total. The number of nitrogens with zero attached hydrogens (tertiary/aromatic N) is 3. The van der Waals surface area contributed by atoms with Gasteiger partial charge in [-0.05, 0) is 37.5 Å². The van der Waals surface area contributed by atoms with Crippen LogP contribution in [0.1, 0.15) is 52.3 Å². The number of anilines is 2. The molecule has 204 valence electrons. The van der Waals surface area contributed by atoms with Crippen molar-refractivity contribution in [1.29, 1.82) is 0 Å². The van der Waals surface area contributed by atoms with Gasteiger partial charge in [-0.1, -0.05) is 43.6 Å². The number of carbonyl (C=O) groups is 2. The van der Waals surface area contributed by atoms with Crippen molar-refractivity contribution >= 4 is 34.8 Å². The number of rotatable bonds is 11. The highest BCUT2D eigenvalue weighted by atomic mass is 35.5. The maximum absolute atomic E-state index is 13.4. The van der Waals surface area contributed by atoms with Gasteiger partial charge in [0.1, 0.15) is 11.4 Å². The highest BCUT2D eigenvalue weighted by Crippen LogP contribution is 2.30. The Labute approximate surface area is 226 Å². The second kappa shape index (κ2) is 12.3. The van der Waals surface area contributed by atoms with E-state index in [4.69, 9.17) is 21.1 Å². The van der Waals surface area contributed by atoms with E-state index in [2.05, 4.69) is 15.6 Å². The number of carbonyl (C=O) groups excluding carboxylic acids is 2. The quantitative estimate of drug-likeness (QED) is 0.361. The predicted molar refractivity (Wildman–Crippen MR) is 147 cm³/mol. The maximum atomic E-state index is 13.4. The predicted octanol–water partition coefficient (Wildman–Crippen LogP) is 4.71. The van der Waals surface area contributed by atoms with Crippen LogP contribution in [-0.4, -0.2) is 39.9 Å². The monoisotopic (exact) mass is 543 g/mol. The van der Waals surface area contributed by atoms with Crippen molar-refractivity contribution in [3.63, 3.8) is 0 Å². The lowest BCUT2D eigenvalue weighted by atomic mass is 9.85. The van der Waals surface area contributed by atoms with Crippen LogP contribution in [0.15, 0.2) is 47.4 Å². The van der Waals surface area contributed by atoms with E-state index in [1.165, 1.54) is 18.0 Å². The molecule has 0 aliphatic heterocycles. The van der Waals surface area contributed by atoms with E-state index in [1.54, 1.807) is 38.6 Å². The number of hydrogen-bond donors (Lipinski definition) is 2. The van der Waals surface area contributed by atoms with Crippen LogP contribution in [0.5, 0.6) is 5.88 Å². The zero-order valence-corrected chi connectivity index (χ0v) is 23.3. The van der Waals surface area contributed by atoms with Gasteiger partial charge in [-0.2, -0.15) is 0 Å². The van der Waals surface area contributed by atoms with Crippen LogP contribution < -0.4 is 20.9 Å². The van der Waals surface area contributed by atoms with E-state index >= 15 is 0 Å². The second-order valence-electron chi connectivity index (χ2n) is 9.67. The molecule has 11 heteroatoms. The molecule has 0 spiro atoms. The van der Waals surface area contributed by atoms with Crippen molar-refractivity contribution in [1.82, 2.24) is 14.3 Å². The number of halogens is 1. The Bertz CT molecular complexity index is 1350. The molecule has 0 radical (unpaired) electrons. The first-order valence-corrected chi connectivity index (χ1v) is 12.6. The lowest BCUT2D eigenvalue weighted by Crippen LogP contribution is -2.29. The van der Waals surface area contributed by atoms with Gasteiger partial charge in [0, 0.05) is 33.2 Å². The highest BCUT2D eigenvalue weighted by Gasteiger charge is 2.29. The Balaban J connectivity index is 1.78. The Morgan fingerprint density at radius 1 is 1.13 bits per heavy atom. The molecule has 1 aromatic carbocycles. The number of amides is 2. The first kappa shape index (κ1) is 28.9. The molecule has 2 aromatic heterocycles. The number of pyridine rings is 1. The van der Waals surface area contributed by atoms with E-state index < -0.39 is 17.4 Å². The molecule has 0 aliphatic rings. The molecule has 2 amide bonds. The molecular weight excluding hydrogens is 510 g/mol. The summed E-state index contributed by atoms with van der Waals surface area (Å²) in [6.07, 6.45) is 0.998. The first-order valence-electron chi connectivity index (χ1n) is 12.3. The summed E-state index contributed by atoms with van der Waals surface area (Å²) < 4.78 is 14.1. The van der Waals surface area contributed by atoms with Crippen LogP contribution in [0.4, 0.5) is 11.4 Å². The third-order valence-electron chi connectivity index (χ3n) is 5.97. The van der Waals surface area contributed by atoms with Crippen LogP contribution in [0.25, 0.3) is 5.69 Å². The number of methoxy groups -OCH3 is 1. The fourth-order valence-corrected chi connectivity index (χ4v) is 4.41. The Hall–Kier alpha value is -3.63. The van der Waals surface area contributed by atoms with Crippen molar-refractivity contribution < 1.29 is 19.1 Å². The zero-order chi connectivity index (χ0) is 28.0. The topological polar surface area (TPSA) is 116 Å². The number of ether oxygens (including phenoxy) is 2. The summed E-state index contributed by atoms with van der Waals surface area (Å²) in [5.41, 5.74) is 0.576. The van der Waals surface area contributed by atoms with Gasteiger partial charge in [0.25, 0.3) is 5.56 Å². The minimum atomic E-state index is -0.730. The second-order valence-corrected chi connectivity index (χ2v) is 10.1. The molecule has 10 nitrogen and oxygen atoms in total. The van der Waals surface area contributed by atoms with Crippen LogP contribution >= 0.6 is 11.6 Å². The summed E-state index contributed by atoms with van der Waals surface area (Å²) in [4.78, 5) is 43.5. The molecule has 0 saturated carbocycles. The largest absolute Gasteiger partial charge is 0.476 e. The standard InChI is InChI=1S/C27H34ClN5O5/c1-7-38-25-20(13-18(28)16-29-25)30-21(34)14-27(3,4)15-22(35)31-23-24(17(2)37-6)32(5)33(26(23)36)19-11-9-8-10-12-19/h8-13,16-17H,7,14-15H2,1-6H3,(H,30,34)(H,31,35).